The molecule has 0 aliphatic rings. The molecule has 2 aromatic rings. The molecule has 10 nitrogen and oxygen atoms in total. The minimum atomic E-state index is -1.27. The molecule has 0 bridgehead atoms. The summed E-state index contributed by atoms with van der Waals surface area (Å²) in [5.41, 5.74) is 6.34. The van der Waals surface area contributed by atoms with E-state index in [-0.39, 0.29) is 69.1 Å². The second-order valence-electron chi connectivity index (χ2n) is 4.86. The van der Waals surface area contributed by atoms with Crippen molar-refractivity contribution in [3.63, 3.8) is 0 Å². The molecule has 2 aromatic carbocycles. The van der Waals surface area contributed by atoms with Crippen molar-refractivity contribution in [2.75, 3.05) is 0 Å². The number of phenols is 1. The Morgan fingerprint density at radius 3 is 1.70 bits per heavy atom. The van der Waals surface area contributed by atoms with E-state index in [2.05, 4.69) is 45.2 Å². The van der Waals surface area contributed by atoms with Gasteiger partial charge in [-0.2, -0.15) is 0 Å². The smallest absolute Gasteiger partial charge is 0.548 e. The van der Waals surface area contributed by atoms with Gasteiger partial charge in [0.1, 0.15) is 11.5 Å². The second-order valence-corrected chi connectivity index (χ2v) is 9.50. The predicted octanol–water partition coefficient (Wildman–Crippen LogP) is -3.90. The van der Waals surface area contributed by atoms with Crippen LogP contribution in [0.4, 0.5) is 0 Å². The number of rotatable bonds is 5. The first-order valence-electron chi connectivity index (χ1n) is 6.49. The Labute approximate surface area is 249 Å². The summed E-state index contributed by atoms with van der Waals surface area (Å²) in [4.78, 5) is 10.8. The summed E-state index contributed by atoms with van der Waals surface area (Å²) in [6.07, 6.45) is 0.198. The Hall–Kier alpha value is 1.19. The zero-order valence-corrected chi connectivity index (χ0v) is 26.0. The van der Waals surface area contributed by atoms with Crippen LogP contribution in [0.1, 0.15) is 5.56 Å². The average Bonchev–Trinajstić information content (AvgIpc) is 2.48. The van der Waals surface area contributed by atoms with E-state index in [4.69, 9.17) is 10.5 Å². The number of hydrogen-bond acceptors (Lipinski definition) is 5. The van der Waals surface area contributed by atoms with Crippen LogP contribution in [0.5, 0.6) is 17.2 Å². The molecule has 0 radical (unpaired) electrons. The maximum Gasteiger partial charge on any atom is 1.00 e. The topological polar surface area (TPSA) is 253 Å². The van der Waals surface area contributed by atoms with Gasteiger partial charge in [0.2, 0.25) is 0 Å². The SMILES string of the molecule is N[C@H](Cc1cc(I)c(Oc2cc(I)c(O)c(I)c2)c(I)c1)C(=O)[O-].O.O.O.O.O.[Na+]. The fraction of sp³-hybridized carbons (Fsp3) is 0.133. The standard InChI is InChI=1S/C15H11I4NO4.Na.5H2O/c16-8-4-7(5-9(17)13(8)21)24-14-10(18)1-6(2-11(14)19)3-12(20)15(22)23;;;;;;/h1-2,4-5,12,21H,3,20H2,(H,22,23);;5*1H2/q;+1;;;;;/p-1/t12-;;;;;;/m1....../s1. The number of carbonyl (C=O) groups excluding carboxylic acids is 1. The van der Waals surface area contributed by atoms with Crippen LogP contribution in [-0.4, -0.2) is 44.5 Å². The van der Waals surface area contributed by atoms with E-state index in [0.717, 1.165) is 12.7 Å². The fourth-order valence-electron chi connectivity index (χ4n) is 1.88. The summed E-state index contributed by atoms with van der Waals surface area (Å²) in [7, 11) is 0. The zero-order valence-electron chi connectivity index (χ0n) is 15.4. The molecule has 0 aromatic heterocycles. The summed E-state index contributed by atoms with van der Waals surface area (Å²) in [5, 5.41) is 20.6. The molecule has 0 spiro atoms. The minimum Gasteiger partial charge on any atom is -0.548 e. The number of carbonyl (C=O) groups is 1. The Morgan fingerprint density at radius 2 is 1.33 bits per heavy atom. The monoisotopic (exact) mass is 889 g/mol. The molecule has 0 aliphatic carbocycles. The van der Waals surface area contributed by atoms with Crippen LogP contribution in [0.15, 0.2) is 24.3 Å². The zero-order chi connectivity index (χ0) is 18.0. The maximum absolute atomic E-state index is 10.8. The van der Waals surface area contributed by atoms with Crippen LogP contribution in [0, 0.1) is 14.3 Å². The molecule has 0 unspecified atom stereocenters. The van der Waals surface area contributed by atoms with Gasteiger partial charge >= 0.3 is 29.6 Å². The van der Waals surface area contributed by atoms with Crippen molar-refractivity contribution in [2.24, 2.45) is 5.73 Å². The Bertz CT molecular complexity index is 768. The second kappa shape index (κ2) is 18.6. The number of halogens is 4. The van der Waals surface area contributed by atoms with Crippen LogP contribution in [-0.2, 0) is 11.2 Å². The summed E-state index contributed by atoms with van der Waals surface area (Å²) >= 11 is 8.37. The van der Waals surface area contributed by atoms with E-state index in [9.17, 15) is 15.0 Å². The number of ether oxygens (including phenoxy) is 1. The summed E-state index contributed by atoms with van der Waals surface area (Å²) in [5.74, 6) is 0.268. The third-order valence-electron chi connectivity index (χ3n) is 3.03. The van der Waals surface area contributed by atoms with Crippen LogP contribution >= 0.6 is 90.4 Å². The molecule has 30 heavy (non-hydrogen) atoms. The molecular weight excluding hydrogens is 869 g/mol. The van der Waals surface area contributed by atoms with E-state index < -0.39 is 12.0 Å². The normalized spacial score (nSPS) is 9.63. The first-order chi connectivity index (χ1) is 11.2. The van der Waals surface area contributed by atoms with Crippen molar-refractivity contribution >= 4 is 96.3 Å². The van der Waals surface area contributed by atoms with E-state index in [1.54, 1.807) is 12.1 Å². The summed E-state index contributed by atoms with van der Waals surface area (Å²) < 4.78 is 9.07. The fourth-order valence-corrected chi connectivity index (χ4v) is 5.71. The third kappa shape index (κ3) is 11.4. The Morgan fingerprint density at radius 1 is 0.933 bits per heavy atom. The number of benzene rings is 2. The van der Waals surface area contributed by atoms with Gasteiger partial charge in [-0.3, -0.25) is 0 Å². The Kier molecular flexibility index (Phi) is 25.7. The van der Waals surface area contributed by atoms with Gasteiger partial charge in [-0.1, -0.05) is 0 Å². The number of carboxylic acids is 1. The van der Waals surface area contributed by atoms with Gasteiger partial charge < -0.3 is 52.9 Å². The van der Waals surface area contributed by atoms with Crippen molar-refractivity contribution < 1.29 is 76.7 Å². The number of phenolic OH excluding ortho intramolecular Hbond substituents is 1. The molecular formula is C15H20I4NNaO9. The van der Waals surface area contributed by atoms with Gasteiger partial charge in [0, 0.05) is 6.04 Å². The Balaban J connectivity index is -0.000000347. The van der Waals surface area contributed by atoms with Crippen LogP contribution in [0.25, 0.3) is 0 Å². The van der Waals surface area contributed by atoms with E-state index in [1.807, 2.05) is 57.3 Å². The maximum atomic E-state index is 10.8. The average molecular weight is 889 g/mol. The first kappa shape index (κ1) is 41.4. The number of aliphatic carboxylic acids is 1. The van der Waals surface area contributed by atoms with Crippen molar-refractivity contribution in [3.8, 4) is 17.2 Å². The molecule has 0 fully saturated rings. The molecule has 13 N–H and O–H groups in total. The van der Waals surface area contributed by atoms with Crippen LogP contribution < -0.4 is 45.1 Å². The van der Waals surface area contributed by atoms with Gasteiger partial charge in [0.05, 0.1) is 20.3 Å². The van der Waals surface area contributed by atoms with Gasteiger partial charge in [-0.05, 0) is 127 Å². The minimum absolute atomic E-state index is 0. The van der Waals surface area contributed by atoms with Gasteiger partial charge in [-0.25, -0.2) is 0 Å². The molecule has 168 valence electrons. The van der Waals surface area contributed by atoms with E-state index >= 15 is 0 Å². The van der Waals surface area contributed by atoms with Crippen LogP contribution in [0.2, 0.25) is 0 Å². The third-order valence-corrected chi connectivity index (χ3v) is 6.27. The number of hydrogen-bond donors (Lipinski definition) is 2. The predicted molar refractivity (Wildman–Crippen MR) is 140 cm³/mol. The van der Waals surface area contributed by atoms with E-state index in [0.29, 0.717) is 18.6 Å². The number of aromatic hydroxyl groups is 1. The molecule has 0 amide bonds. The van der Waals surface area contributed by atoms with Crippen LogP contribution in [0.3, 0.4) is 0 Å². The molecule has 2 rings (SSSR count). The quantitative estimate of drug-likeness (QED) is 0.225. The first-order valence-corrected chi connectivity index (χ1v) is 10.8. The summed E-state index contributed by atoms with van der Waals surface area (Å²) in [6.45, 7) is 0. The molecule has 0 saturated carbocycles. The van der Waals surface area contributed by atoms with Gasteiger partial charge in [-0.15, -0.1) is 0 Å². The molecule has 1 atom stereocenters. The molecule has 0 saturated heterocycles. The number of nitrogens with two attached hydrogens (primary N) is 1. The van der Waals surface area contributed by atoms with Crippen molar-refractivity contribution in [1.29, 1.82) is 0 Å². The van der Waals surface area contributed by atoms with Crippen molar-refractivity contribution in [3.05, 3.63) is 44.1 Å². The molecule has 15 heteroatoms. The summed E-state index contributed by atoms with van der Waals surface area (Å²) in [6, 6.07) is 6.16. The molecule has 0 heterocycles. The number of carboxylic acid groups (broad SMARTS) is 1. The molecule has 0 aliphatic heterocycles. The van der Waals surface area contributed by atoms with Gasteiger partial charge in [0.15, 0.2) is 5.75 Å². The van der Waals surface area contributed by atoms with Crippen molar-refractivity contribution in [1.82, 2.24) is 0 Å². The van der Waals surface area contributed by atoms with Gasteiger partial charge in [0.25, 0.3) is 0 Å². The van der Waals surface area contributed by atoms with Crippen molar-refractivity contribution in [2.45, 2.75) is 12.5 Å². The largest absolute Gasteiger partial charge is 1.00 e. The van der Waals surface area contributed by atoms with E-state index in [1.165, 1.54) is 0 Å².